The molecular formula is C14H21N3O3. The molecule has 0 radical (unpaired) electrons. The quantitative estimate of drug-likeness (QED) is 0.672. The topological polar surface area (TPSA) is 53.1 Å². The summed E-state index contributed by atoms with van der Waals surface area (Å²) in [5.41, 5.74) is -0.505. The minimum Gasteiger partial charge on any atom is -0.444 e. The summed E-state index contributed by atoms with van der Waals surface area (Å²) in [5, 5.41) is 0. The first kappa shape index (κ1) is 14.5. The van der Waals surface area contributed by atoms with Crippen molar-refractivity contribution in [1.29, 1.82) is 0 Å². The lowest BCUT2D eigenvalue weighted by Crippen LogP contribution is -2.54. The van der Waals surface area contributed by atoms with Crippen LogP contribution in [0.4, 0.5) is 9.59 Å². The average molecular weight is 279 g/mol. The van der Waals surface area contributed by atoms with E-state index in [1.165, 1.54) is 0 Å². The van der Waals surface area contributed by atoms with Gasteiger partial charge in [0.25, 0.3) is 0 Å². The maximum atomic E-state index is 12.1. The minimum absolute atomic E-state index is 0.0112. The molecule has 0 aromatic rings. The molecule has 2 heterocycles. The fourth-order valence-electron chi connectivity index (χ4n) is 2.51. The number of terminal acetylenes is 1. The minimum atomic E-state index is -0.505. The van der Waals surface area contributed by atoms with E-state index < -0.39 is 5.60 Å². The van der Waals surface area contributed by atoms with E-state index in [-0.39, 0.29) is 18.2 Å². The lowest BCUT2D eigenvalue weighted by atomic mass is 10.2. The van der Waals surface area contributed by atoms with Crippen LogP contribution in [0.1, 0.15) is 20.8 Å². The molecule has 0 N–H and O–H groups in total. The standard InChI is InChI=1S/C14H21N3O3/c1-5-6-15-9-11-10-16(7-8-17(11)12(15)18)13(19)20-14(2,3)4/h1,11H,6-10H2,2-4H3. The van der Waals surface area contributed by atoms with E-state index in [9.17, 15) is 9.59 Å². The highest BCUT2D eigenvalue weighted by Crippen LogP contribution is 2.21. The van der Waals surface area contributed by atoms with Gasteiger partial charge in [-0.3, -0.25) is 0 Å². The van der Waals surface area contributed by atoms with E-state index in [0.717, 1.165) is 0 Å². The van der Waals surface area contributed by atoms with Crippen LogP contribution in [0.3, 0.4) is 0 Å². The molecule has 2 saturated heterocycles. The number of carbonyl (C=O) groups is 2. The van der Waals surface area contributed by atoms with Gasteiger partial charge in [0.05, 0.1) is 12.6 Å². The van der Waals surface area contributed by atoms with Crippen LogP contribution in [0.5, 0.6) is 0 Å². The first-order chi connectivity index (χ1) is 9.31. The van der Waals surface area contributed by atoms with Gasteiger partial charge in [-0.15, -0.1) is 6.42 Å². The highest BCUT2D eigenvalue weighted by atomic mass is 16.6. The summed E-state index contributed by atoms with van der Waals surface area (Å²) < 4.78 is 5.36. The van der Waals surface area contributed by atoms with Gasteiger partial charge < -0.3 is 19.4 Å². The van der Waals surface area contributed by atoms with E-state index in [2.05, 4.69) is 5.92 Å². The van der Waals surface area contributed by atoms with Crippen LogP contribution in [0.2, 0.25) is 0 Å². The molecule has 20 heavy (non-hydrogen) atoms. The molecule has 0 bridgehead atoms. The number of amides is 3. The first-order valence-electron chi connectivity index (χ1n) is 6.79. The normalized spacial score (nSPS) is 22.6. The van der Waals surface area contributed by atoms with Crippen LogP contribution in [0.15, 0.2) is 0 Å². The molecule has 2 fully saturated rings. The Morgan fingerprint density at radius 3 is 2.70 bits per heavy atom. The van der Waals surface area contributed by atoms with Crippen molar-refractivity contribution in [3.05, 3.63) is 0 Å². The molecule has 0 aromatic carbocycles. The number of carbonyl (C=O) groups excluding carboxylic acids is 2. The second-order valence-corrected chi connectivity index (χ2v) is 6.14. The molecule has 1 atom stereocenters. The summed E-state index contributed by atoms with van der Waals surface area (Å²) in [5.74, 6) is 2.49. The zero-order valence-electron chi connectivity index (χ0n) is 12.3. The van der Waals surface area contributed by atoms with Gasteiger partial charge in [0.1, 0.15) is 5.60 Å². The van der Waals surface area contributed by atoms with Crippen LogP contribution in [-0.4, -0.2) is 71.2 Å². The molecule has 110 valence electrons. The maximum absolute atomic E-state index is 12.1. The Labute approximate surface area is 119 Å². The van der Waals surface area contributed by atoms with E-state index in [4.69, 9.17) is 11.2 Å². The summed E-state index contributed by atoms with van der Waals surface area (Å²) in [6, 6.07) is -0.0195. The van der Waals surface area contributed by atoms with Crippen LogP contribution >= 0.6 is 0 Å². The highest BCUT2D eigenvalue weighted by Gasteiger charge is 2.41. The molecule has 6 nitrogen and oxygen atoms in total. The predicted octanol–water partition coefficient (Wildman–Crippen LogP) is 0.976. The lowest BCUT2D eigenvalue weighted by Gasteiger charge is -2.37. The molecule has 2 aliphatic heterocycles. The van der Waals surface area contributed by atoms with Crippen molar-refractivity contribution in [1.82, 2.24) is 14.7 Å². The molecule has 1 unspecified atom stereocenters. The number of hydrogen-bond donors (Lipinski definition) is 0. The molecule has 0 aliphatic carbocycles. The SMILES string of the molecule is C#CCN1CC2CN(C(=O)OC(C)(C)C)CCN2C1=O. The Hall–Kier alpha value is -1.90. The van der Waals surface area contributed by atoms with Crippen molar-refractivity contribution >= 4 is 12.1 Å². The Balaban J connectivity index is 1.97. The molecule has 3 amide bonds. The number of urea groups is 1. The van der Waals surface area contributed by atoms with Gasteiger partial charge in [0.2, 0.25) is 0 Å². The largest absolute Gasteiger partial charge is 0.444 e. The fourth-order valence-corrected chi connectivity index (χ4v) is 2.51. The Morgan fingerprint density at radius 1 is 1.40 bits per heavy atom. The van der Waals surface area contributed by atoms with E-state index in [1.54, 1.807) is 14.7 Å². The van der Waals surface area contributed by atoms with Crippen LogP contribution in [0, 0.1) is 12.3 Å². The van der Waals surface area contributed by atoms with Crippen LogP contribution < -0.4 is 0 Å². The molecule has 6 heteroatoms. The third-order valence-electron chi connectivity index (χ3n) is 3.36. The number of rotatable bonds is 1. The van der Waals surface area contributed by atoms with Gasteiger partial charge in [0.15, 0.2) is 0 Å². The second kappa shape index (κ2) is 5.23. The van der Waals surface area contributed by atoms with Crippen LogP contribution in [0.25, 0.3) is 0 Å². The Kier molecular flexibility index (Phi) is 3.80. The van der Waals surface area contributed by atoms with Gasteiger partial charge >= 0.3 is 12.1 Å². The summed E-state index contributed by atoms with van der Waals surface area (Å²) in [6.07, 6.45) is 4.94. The smallest absolute Gasteiger partial charge is 0.410 e. The monoisotopic (exact) mass is 279 g/mol. The molecule has 2 aliphatic rings. The highest BCUT2D eigenvalue weighted by molar-refractivity contribution is 5.78. The molecule has 0 saturated carbocycles. The molecule has 2 rings (SSSR count). The first-order valence-corrected chi connectivity index (χ1v) is 6.79. The maximum Gasteiger partial charge on any atom is 0.410 e. The number of hydrogen-bond acceptors (Lipinski definition) is 3. The van der Waals surface area contributed by atoms with Gasteiger partial charge in [-0.05, 0) is 20.8 Å². The zero-order chi connectivity index (χ0) is 14.9. The summed E-state index contributed by atoms with van der Waals surface area (Å²) >= 11 is 0. The Bertz CT molecular complexity index is 450. The van der Waals surface area contributed by atoms with E-state index in [0.29, 0.717) is 32.7 Å². The van der Waals surface area contributed by atoms with E-state index in [1.807, 2.05) is 20.8 Å². The molecular weight excluding hydrogens is 258 g/mol. The van der Waals surface area contributed by atoms with Crippen molar-refractivity contribution < 1.29 is 14.3 Å². The number of fused-ring (bicyclic) bond motifs is 1. The fraction of sp³-hybridized carbons (Fsp3) is 0.714. The van der Waals surface area contributed by atoms with Crippen molar-refractivity contribution in [2.24, 2.45) is 0 Å². The van der Waals surface area contributed by atoms with Gasteiger partial charge in [-0.1, -0.05) is 5.92 Å². The van der Waals surface area contributed by atoms with Gasteiger partial charge in [-0.2, -0.15) is 0 Å². The summed E-state index contributed by atoms with van der Waals surface area (Å²) in [6.45, 7) is 7.95. The van der Waals surface area contributed by atoms with E-state index >= 15 is 0 Å². The number of piperazine rings is 1. The number of nitrogens with zero attached hydrogens (tertiary/aromatic N) is 3. The van der Waals surface area contributed by atoms with Crippen molar-refractivity contribution in [2.45, 2.75) is 32.4 Å². The zero-order valence-corrected chi connectivity index (χ0v) is 12.3. The van der Waals surface area contributed by atoms with Crippen molar-refractivity contribution in [3.63, 3.8) is 0 Å². The molecule has 0 spiro atoms. The van der Waals surface area contributed by atoms with Crippen LogP contribution in [-0.2, 0) is 4.74 Å². The lowest BCUT2D eigenvalue weighted by molar-refractivity contribution is 0.0128. The molecule has 0 aromatic heterocycles. The van der Waals surface area contributed by atoms with Gasteiger partial charge in [-0.25, -0.2) is 9.59 Å². The number of ether oxygens (including phenoxy) is 1. The third kappa shape index (κ3) is 2.98. The average Bonchev–Trinajstić information content (AvgIpc) is 2.64. The summed E-state index contributed by atoms with van der Waals surface area (Å²) in [4.78, 5) is 29.2. The van der Waals surface area contributed by atoms with Crippen molar-refractivity contribution in [3.8, 4) is 12.3 Å². The van der Waals surface area contributed by atoms with Crippen molar-refractivity contribution in [2.75, 3.05) is 32.7 Å². The third-order valence-corrected chi connectivity index (χ3v) is 3.36. The second-order valence-electron chi connectivity index (χ2n) is 6.14. The Morgan fingerprint density at radius 2 is 2.10 bits per heavy atom. The van der Waals surface area contributed by atoms with Gasteiger partial charge in [0, 0.05) is 26.2 Å². The predicted molar refractivity (Wildman–Crippen MR) is 74.1 cm³/mol. The summed E-state index contributed by atoms with van der Waals surface area (Å²) in [7, 11) is 0.